The molecule has 0 spiro atoms. The minimum atomic E-state index is -1.27. The Morgan fingerprint density at radius 2 is 1.79 bits per heavy atom. The number of pyridine rings is 1. The van der Waals surface area contributed by atoms with E-state index in [9.17, 15) is 9.90 Å². The summed E-state index contributed by atoms with van der Waals surface area (Å²) in [6, 6.07) is 1.34. The predicted octanol–water partition coefficient (Wildman–Crippen LogP) is -3.61. The molecule has 0 aliphatic heterocycles. The summed E-state index contributed by atoms with van der Waals surface area (Å²) in [5.74, 6) is -1.27. The fraction of sp³-hybridized carbons (Fsp3) is 0. The molecule has 0 fully saturated rings. The third-order valence-corrected chi connectivity index (χ3v) is 1.59. The van der Waals surface area contributed by atoms with Crippen LogP contribution in [0.4, 0.5) is 0 Å². The Labute approximate surface area is 122 Å². The number of carbonyl (C=O) groups excluding carboxylic acids is 1. The first-order valence-electron chi connectivity index (χ1n) is 3.56. The molecule has 2 rings (SSSR count). The van der Waals surface area contributed by atoms with Gasteiger partial charge in [-0.3, -0.25) is 4.98 Å². The first kappa shape index (κ1) is 11.7. The van der Waals surface area contributed by atoms with Gasteiger partial charge in [-0.2, -0.15) is 0 Å². The molecule has 2 aromatic heterocycles. The second kappa shape index (κ2) is 4.90. The van der Waals surface area contributed by atoms with Crippen molar-refractivity contribution in [1.29, 1.82) is 0 Å². The molecule has 2 heterocycles. The topological polar surface area (TPSA) is 78.8 Å². The Hall–Kier alpha value is -0.404. The quantitative estimate of drug-likeness (QED) is 0.457. The monoisotopic (exact) mass is 213 g/mol. The Kier molecular flexibility index (Phi) is 4.08. The Morgan fingerprint density at radius 3 is 2.50 bits per heavy atom. The van der Waals surface area contributed by atoms with E-state index in [0.717, 1.165) is 0 Å². The second-order valence-corrected chi connectivity index (χ2v) is 2.37. The van der Waals surface area contributed by atoms with Crippen LogP contribution in [-0.2, 0) is 0 Å². The second-order valence-electron chi connectivity index (χ2n) is 2.37. The van der Waals surface area contributed by atoms with Crippen LogP contribution in [-0.4, -0.2) is 20.9 Å². The largest absolute Gasteiger partial charge is 1.00 e. The van der Waals surface area contributed by atoms with E-state index in [2.05, 4.69) is 15.0 Å². The predicted molar refractivity (Wildman–Crippen MR) is 41.7 cm³/mol. The molecule has 0 saturated heterocycles. The van der Waals surface area contributed by atoms with E-state index < -0.39 is 5.97 Å². The minimum absolute atomic E-state index is 0. The SMILES string of the molecule is O=C([O-])c1ccnc2nccnc12.[K+]. The molecule has 0 radical (unpaired) electrons. The van der Waals surface area contributed by atoms with Crippen LogP contribution in [0.2, 0.25) is 0 Å². The first-order chi connectivity index (χ1) is 6.29. The van der Waals surface area contributed by atoms with E-state index in [4.69, 9.17) is 0 Å². The normalized spacial score (nSPS) is 9.43. The zero-order chi connectivity index (χ0) is 9.26. The number of carboxylic acids is 1. The molecule has 14 heavy (non-hydrogen) atoms. The molecule has 0 saturated carbocycles. The maximum absolute atomic E-state index is 10.6. The van der Waals surface area contributed by atoms with Gasteiger partial charge in [0.15, 0.2) is 5.65 Å². The molecule has 0 aromatic carbocycles. The summed E-state index contributed by atoms with van der Waals surface area (Å²) < 4.78 is 0. The van der Waals surface area contributed by atoms with E-state index in [0.29, 0.717) is 5.65 Å². The molecule has 0 aliphatic carbocycles. The molecule has 5 nitrogen and oxygen atoms in total. The van der Waals surface area contributed by atoms with E-state index in [1.165, 1.54) is 24.7 Å². The van der Waals surface area contributed by atoms with Gasteiger partial charge in [-0.15, -0.1) is 0 Å². The summed E-state index contributed by atoms with van der Waals surface area (Å²) >= 11 is 0. The molecule has 64 valence electrons. The summed E-state index contributed by atoms with van der Waals surface area (Å²) in [5.41, 5.74) is 0.576. The van der Waals surface area contributed by atoms with Crippen molar-refractivity contribution < 1.29 is 61.3 Å². The van der Waals surface area contributed by atoms with E-state index in [-0.39, 0.29) is 62.5 Å². The molecule has 0 aliphatic rings. The van der Waals surface area contributed by atoms with E-state index in [1.54, 1.807) is 0 Å². The van der Waals surface area contributed by atoms with Crippen LogP contribution in [0.3, 0.4) is 0 Å². The van der Waals surface area contributed by atoms with Gasteiger partial charge in [0.25, 0.3) is 0 Å². The minimum Gasteiger partial charge on any atom is -0.545 e. The number of aromatic carboxylic acids is 1. The molecular formula is C8H4KN3O2. The van der Waals surface area contributed by atoms with Crippen molar-refractivity contribution in [3.05, 3.63) is 30.2 Å². The van der Waals surface area contributed by atoms with Gasteiger partial charge in [-0.1, -0.05) is 0 Å². The average Bonchev–Trinajstić information content (AvgIpc) is 2.17. The van der Waals surface area contributed by atoms with Crippen molar-refractivity contribution in [1.82, 2.24) is 15.0 Å². The standard InChI is InChI=1S/C8H5N3O2.K/c12-8(13)5-1-2-10-7-6(5)9-3-4-11-7;/h1-4H,(H,12,13);/q;+1/p-1. The zero-order valence-corrected chi connectivity index (χ0v) is 10.6. The van der Waals surface area contributed by atoms with Gasteiger partial charge in [0.2, 0.25) is 0 Å². The number of carbonyl (C=O) groups is 1. The van der Waals surface area contributed by atoms with Gasteiger partial charge < -0.3 is 9.90 Å². The molecule has 0 unspecified atom stereocenters. The summed E-state index contributed by atoms with van der Waals surface area (Å²) in [7, 11) is 0. The van der Waals surface area contributed by atoms with Crippen LogP contribution in [0, 0.1) is 0 Å². The van der Waals surface area contributed by atoms with Crippen LogP contribution in [0.15, 0.2) is 24.7 Å². The third kappa shape index (κ3) is 2.15. The van der Waals surface area contributed by atoms with Gasteiger partial charge in [-0.05, 0) is 6.07 Å². The number of carboxylic acid groups (broad SMARTS) is 1. The molecule has 0 bridgehead atoms. The summed E-state index contributed by atoms with van der Waals surface area (Å²) in [6.07, 6.45) is 4.23. The maximum Gasteiger partial charge on any atom is 1.00 e. The van der Waals surface area contributed by atoms with E-state index in [1.807, 2.05) is 0 Å². The number of aromatic nitrogens is 3. The van der Waals surface area contributed by atoms with Crippen LogP contribution >= 0.6 is 0 Å². The van der Waals surface area contributed by atoms with E-state index >= 15 is 0 Å². The van der Waals surface area contributed by atoms with Crippen molar-refractivity contribution in [2.75, 3.05) is 0 Å². The number of hydrogen-bond acceptors (Lipinski definition) is 5. The van der Waals surface area contributed by atoms with Gasteiger partial charge in [0, 0.05) is 24.2 Å². The van der Waals surface area contributed by atoms with Crippen LogP contribution in [0.25, 0.3) is 11.2 Å². The van der Waals surface area contributed by atoms with Crippen LogP contribution in [0.1, 0.15) is 10.4 Å². The van der Waals surface area contributed by atoms with Crippen molar-refractivity contribution in [3.8, 4) is 0 Å². The summed E-state index contributed by atoms with van der Waals surface area (Å²) in [6.45, 7) is 0. The molecule has 0 N–H and O–H groups in total. The molecule has 0 amide bonds. The number of hydrogen-bond donors (Lipinski definition) is 0. The van der Waals surface area contributed by atoms with Crippen LogP contribution < -0.4 is 56.5 Å². The van der Waals surface area contributed by atoms with Crippen molar-refractivity contribution in [3.63, 3.8) is 0 Å². The molecule has 6 heteroatoms. The van der Waals surface area contributed by atoms with Crippen molar-refractivity contribution in [2.24, 2.45) is 0 Å². The fourth-order valence-electron chi connectivity index (χ4n) is 1.04. The third-order valence-electron chi connectivity index (χ3n) is 1.59. The molecular weight excluding hydrogens is 209 g/mol. The number of fused-ring (bicyclic) bond motifs is 1. The van der Waals surface area contributed by atoms with Gasteiger partial charge in [-0.25, -0.2) is 9.97 Å². The van der Waals surface area contributed by atoms with Gasteiger partial charge >= 0.3 is 51.4 Å². The molecule has 0 atom stereocenters. The summed E-state index contributed by atoms with van der Waals surface area (Å²) in [5, 5.41) is 10.6. The zero-order valence-electron chi connectivity index (χ0n) is 7.47. The summed E-state index contributed by atoms with van der Waals surface area (Å²) in [4.78, 5) is 22.2. The Morgan fingerprint density at radius 1 is 1.14 bits per heavy atom. The Bertz CT molecular complexity index is 470. The number of nitrogens with zero attached hydrogens (tertiary/aromatic N) is 3. The first-order valence-corrected chi connectivity index (χ1v) is 3.56. The van der Waals surface area contributed by atoms with Crippen molar-refractivity contribution in [2.45, 2.75) is 0 Å². The average molecular weight is 213 g/mol. The van der Waals surface area contributed by atoms with Gasteiger partial charge in [0.1, 0.15) is 5.52 Å². The fourth-order valence-corrected chi connectivity index (χ4v) is 1.04. The van der Waals surface area contributed by atoms with Crippen molar-refractivity contribution >= 4 is 17.1 Å². The van der Waals surface area contributed by atoms with Gasteiger partial charge in [0.05, 0.1) is 5.97 Å². The van der Waals surface area contributed by atoms with Crippen LogP contribution in [0.5, 0.6) is 0 Å². The smallest absolute Gasteiger partial charge is 0.545 e. The Balaban J connectivity index is 0.000000980. The number of rotatable bonds is 1. The maximum atomic E-state index is 10.6. The molecule has 2 aromatic rings.